The van der Waals surface area contributed by atoms with E-state index in [4.69, 9.17) is 5.11 Å². The lowest BCUT2D eigenvalue weighted by Crippen LogP contribution is -2.49. The van der Waals surface area contributed by atoms with Gasteiger partial charge in [-0.05, 0) is 6.07 Å². The van der Waals surface area contributed by atoms with E-state index in [1.54, 1.807) is 0 Å². The number of hydrogen-bond acceptors (Lipinski definition) is 4. The summed E-state index contributed by atoms with van der Waals surface area (Å²) in [6.07, 6.45) is 1.08. The van der Waals surface area contributed by atoms with Crippen molar-refractivity contribution in [3.8, 4) is 0 Å². The van der Waals surface area contributed by atoms with Crippen LogP contribution in [0, 0.1) is 11.8 Å². The first-order valence-corrected chi connectivity index (χ1v) is 6.06. The van der Waals surface area contributed by atoms with Crippen LogP contribution in [0.2, 0.25) is 0 Å². The Morgan fingerprint density at radius 3 is 2.63 bits per heavy atom. The van der Waals surface area contributed by atoms with Gasteiger partial charge in [-0.1, -0.05) is 0 Å². The molecule has 1 N–H and O–H groups in total. The number of aliphatic hydroxyl groups is 1. The zero-order chi connectivity index (χ0) is 13.8. The number of rotatable bonds is 3. The van der Waals surface area contributed by atoms with Gasteiger partial charge in [0, 0.05) is 38.9 Å². The smallest absolute Gasteiger partial charge is 0.257 e. The molecule has 1 amide bonds. The zero-order valence-corrected chi connectivity index (χ0v) is 10.4. The molecule has 0 aromatic carbocycles. The third-order valence-corrected chi connectivity index (χ3v) is 3.15. The van der Waals surface area contributed by atoms with E-state index in [0.717, 1.165) is 6.20 Å². The quantitative estimate of drug-likeness (QED) is 0.793. The van der Waals surface area contributed by atoms with Gasteiger partial charge >= 0.3 is 0 Å². The molecule has 0 atom stereocenters. The first-order valence-electron chi connectivity index (χ1n) is 6.06. The highest BCUT2D eigenvalue weighted by Gasteiger charge is 2.25. The fourth-order valence-corrected chi connectivity index (χ4v) is 2.07. The fraction of sp³-hybridized carbons (Fsp3) is 0.500. The molecule has 1 aromatic heterocycles. The van der Waals surface area contributed by atoms with Crippen molar-refractivity contribution in [3.05, 3.63) is 29.6 Å². The van der Waals surface area contributed by atoms with Gasteiger partial charge in [-0.25, -0.2) is 9.37 Å². The first-order chi connectivity index (χ1) is 9.13. The van der Waals surface area contributed by atoms with Crippen LogP contribution < -0.4 is 0 Å². The molecule has 1 aliphatic heterocycles. The summed E-state index contributed by atoms with van der Waals surface area (Å²) < 4.78 is 26.5. The minimum atomic E-state index is -1.26. The SMILES string of the molecule is O=C(c1ccnc(F)c1F)N1CCN(CCO)CC1. The van der Waals surface area contributed by atoms with Crippen LogP contribution in [0.5, 0.6) is 0 Å². The van der Waals surface area contributed by atoms with Crippen LogP contribution in [-0.2, 0) is 0 Å². The second-order valence-corrected chi connectivity index (χ2v) is 4.32. The van der Waals surface area contributed by atoms with Crippen LogP contribution in [0.25, 0.3) is 0 Å². The average Bonchev–Trinajstić information content (AvgIpc) is 2.42. The van der Waals surface area contributed by atoms with Gasteiger partial charge in [-0.15, -0.1) is 0 Å². The highest BCUT2D eigenvalue weighted by Crippen LogP contribution is 2.13. The van der Waals surface area contributed by atoms with Gasteiger partial charge in [0.1, 0.15) is 0 Å². The molecule has 0 unspecified atom stereocenters. The summed E-state index contributed by atoms with van der Waals surface area (Å²) in [5.74, 6) is -2.99. The van der Waals surface area contributed by atoms with Gasteiger partial charge < -0.3 is 10.0 Å². The molecule has 5 nitrogen and oxygen atoms in total. The number of β-amino-alcohol motifs (C(OH)–C–C–N with tert-alkyl or cyclic N) is 1. The Bertz CT molecular complexity index is 462. The Morgan fingerprint density at radius 1 is 1.32 bits per heavy atom. The number of amides is 1. The second-order valence-electron chi connectivity index (χ2n) is 4.32. The number of aliphatic hydroxyl groups excluding tert-OH is 1. The number of carbonyl (C=O) groups is 1. The van der Waals surface area contributed by atoms with Crippen LogP contribution in [-0.4, -0.2) is 65.1 Å². The van der Waals surface area contributed by atoms with Gasteiger partial charge in [0.15, 0.2) is 5.82 Å². The van der Waals surface area contributed by atoms with Crippen molar-refractivity contribution in [1.29, 1.82) is 0 Å². The van der Waals surface area contributed by atoms with Crippen molar-refractivity contribution in [1.82, 2.24) is 14.8 Å². The third kappa shape index (κ3) is 3.05. The second kappa shape index (κ2) is 6.03. The van der Waals surface area contributed by atoms with Crippen LogP contribution in [0.1, 0.15) is 10.4 Å². The van der Waals surface area contributed by atoms with Gasteiger partial charge in [-0.3, -0.25) is 9.69 Å². The van der Waals surface area contributed by atoms with E-state index < -0.39 is 17.7 Å². The number of aromatic nitrogens is 1. The van der Waals surface area contributed by atoms with E-state index in [-0.39, 0.29) is 12.2 Å². The predicted molar refractivity (Wildman–Crippen MR) is 63.6 cm³/mol. The minimum Gasteiger partial charge on any atom is -0.395 e. The monoisotopic (exact) mass is 271 g/mol. The maximum atomic E-state index is 13.5. The molecule has 0 radical (unpaired) electrons. The molecule has 1 aliphatic rings. The topological polar surface area (TPSA) is 56.7 Å². The highest BCUT2D eigenvalue weighted by molar-refractivity contribution is 5.94. The molecular formula is C12H15F2N3O2. The van der Waals surface area contributed by atoms with Crippen LogP contribution in [0.15, 0.2) is 12.3 Å². The Labute approximate surface area is 109 Å². The number of nitrogens with zero attached hydrogens (tertiary/aromatic N) is 3. The minimum absolute atomic E-state index is 0.0676. The van der Waals surface area contributed by atoms with E-state index in [9.17, 15) is 13.6 Å². The van der Waals surface area contributed by atoms with E-state index >= 15 is 0 Å². The molecule has 1 aromatic rings. The number of halogens is 2. The maximum Gasteiger partial charge on any atom is 0.257 e. The van der Waals surface area contributed by atoms with Crippen LogP contribution in [0.3, 0.4) is 0 Å². The van der Waals surface area contributed by atoms with Gasteiger partial charge in [0.2, 0.25) is 5.95 Å². The summed E-state index contributed by atoms with van der Waals surface area (Å²) in [5.41, 5.74) is -0.289. The predicted octanol–water partition coefficient (Wildman–Crippen LogP) is 0.110. The standard InChI is InChI=1S/C12H15F2N3O2/c13-10-9(1-2-15-11(10)14)12(19)17-5-3-16(4-6-17)7-8-18/h1-2,18H,3-8H2. The molecule has 0 aliphatic carbocycles. The van der Waals surface area contributed by atoms with E-state index in [1.807, 2.05) is 4.90 Å². The lowest BCUT2D eigenvalue weighted by atomic mass is 10.2. The Balaban J connectivity index is 2.03. The van der Waals surface area contributed by atoms with Gasteiger partial charge in [0.25, 0.3) is 5.91 Å². The molecule has 2 heterocycles. The molecule has 0 saturated carbocycles. The summed E-state index contributed by atoms with van der Waals surface area (Å²) >= 11 is 0. The largest absolute Gasteiger partial charge is 0.395 e. The van der Waals surface area contributed by atoms with E-state index in [1.165, 1.54) is 11.0 Å². The van der Waals surface area contributed by atoms with Crippen molar-refractivity contribution in [2.45, 2.75) is 0 Å². The maximum absolute atomic E-state index is 13.5. The molecule has 2 rings (SSSR count). The summed E-state index contributed by atoms with van der Waals surface area (Å²) in [6.45, 7) is 2.71. The van der Waals surface area contributed by atoms with Crippen LogP contribution >= 0.6 is 0 Å². The lowest BCUT2D eigenvalue weighted by molar-refractivity contribution is 0.0609. The number of carbonyl (C=O) groups excluding carboxylic acids is 1. The summed E-state index contributed by atoms with van der Waals surface area (Å²) in [4.78, 5) is 18.7. The molecule has 1 saturated heterocycles. The van der Waals surface area contributed by atoms with E-state index in [2.05, 4.69) is 4.98 Å². The Kier molecular flexibility index (Phi) is 4.39. The Morgan fingerprint density at radius 2 is 2.00 bits per heavy atom. The molecule has 104 valence electrons. The molecule has 0 bridgehead atoms. The number of piperazine rings is 1. The summed E-state index contributed by atoms with van der Waals surface area (Å²) in [7, 11) is 0. The van der Waals surface area contributed by atoms with Gasteiger partial charge in [-0.2, -0.15) is 4.39 Å². The first kappa shape index (κ1) is 13.8. The highest BCUT2D eigenvalue weighted by atomic mass is 19.2. The van der Waals surface area contributed by atoms with Crippen molar-refractivity contribution >= 4 is 5.91 Å². The molecule has 7 heteroatoms. The van der Waals surface area contributed by atoms with Gasteiger partial charge in [0.05, 0.1) is 12.2 Å². The van der Waals surface area contributed by atoms with Crippen molar-refractivity contribution < 1.29 is 18.7 Å². The normalized spacial score (nSPS) is 16.7. The third-order valence-electron chi connectivity index (χ3n) is 3.15. The molecule has 0 spiro atoms. The molecule has 19 heavy (non-hydrogen) atoms. The molecule has 1 fully saturated rings. The lowest BCUT2D eigenvalue weighted by Gasteiger charge is -2.34. The summed E-state index contributed by atoms with van der Waals surface area (Å²) in [5, 5.41) is 8.82. The Hall–Kier alpha value is -1.60. The fourth-order valence-electron chi connectivity index (χ4n) is 2.07. The average molecular weight is 271 g/mol. The number of pyridine rings is 1. The van der Waals surface area contributed by atoms with E-state index in [0.29, 0.717) is 32.7 Å². The van der Waals surface area contributed by atoms with Crippen molar-refractivity contribution in [3.63, 3.8) is 0 Å². The zero-order valence-electron chi connectivity index (χ0n) is 10.4. The summed E-state index contributed by atoms with van der Waals surface area (Å²) in [6, 6.07) is 1.18. The molecular weight excluding hydrogens is 256 g/mol. The van der Waals surface area contributed by atoms with Crippen molar-refractivity contribution in [2.75, 3.05) is 39.3 Å². The number of hydrogen-bond donors (Lipinski definition) is 1. The van der Waals surface area contributed by atoms with Crippen molar-refractivity contribution in [2.24, 2.45) is 0 Å². The van der Waals surface area contributed by atoms with Crippen LogP contribution in [0.4, 0.5) is 8.78 Å².